The first kappa shape index (κ1) is 17.5. The maximum atomic E-state index is 12.4. The van der Waals surface area contributed by atoms with Crippen LogP contribution in [-0.4, -0.2) is 19.0 Å². The number of hydrogen-bond donors (Lipinski definition) is 2. The highest BCUT2D eigenvalue weighted by molar-refractivity contribution is 5.78. The second-order valence-electron chi connectivity index (χ2n) is 5.09. The van der Waals surface area contributed by atoms with Crippen molar-refractivity contribution in [1.29, 1.82) is 0 Å². The van der Waals surface area contributed by atoms with E-state index >= 15 is 0 Å². The molecule has 0 aliphatic rings. The molecule has 3 nitrogen and oxygen atoms in total. The summed E-state index contributed by atoms with van der Waals surface area (Å²) in [4.78, 5) is 11.8. The molecule has 0 heterocycles. The molecule has 3 N–H and O–H groups in total. The van der Waals surface area contributed by atoms with Crippen molar-refractivity contribution in [3.63, 3.8) is 0 Å². The molecule has 1 aromatic carbocycles. The van der Waals surface area contributed by atoms with Crippen LogP contribution < -0.4 is 11.1 Å². The number of unbranched alkanes of at least 4 members (excludes halogenated alkanes) is 1. The van der Waals surface area contributed by atoms with Crippen LogP contribution in [0.1, 0.15) is 30.9 Å². The molecular weight excluding hydrogens is 281 g/mol. The number of carbonyl (C=O) groups excluding carboxylic acids is 1. The summed E-state index contributed by atoms with van der Waals surface area (Å²) in [6.45, 7) is 2.93. The Morgan fingerprint density at radius 1 is 1.24 bits per heavy atom. The molecule has 1 aromatic rings. The van der Waals surface area contributed by atoms with Crippen LogP contribution >= 0.6 is 0 Å². The third kappa shape index (κ3) is 6.16. The second-order valence-corrected chi connectivity index (χ2v) is 5.09. The highest BCUT2D eigenvalue weighted by atomic mass is 19.4. The standard InChI is InChI=1S/C15H21F3N2O/c1-11(14(21)20-9-3-2-8-19)10-12-4-6-13(7-5-12)15(16,17)18/h4-7,11H,2-3,8-10,19H2,1H3,(H,20,21). The maximum absolute atomic E-state index is 12.4. The van der Waals surface area contributed by atoms with Crippen molar-refractivity contribution in [3.8, 4) is 0 Å². The van der Waals surface area contributed by atoms with E-state index in [-0.39, 0.29) is 11.8 Å². The lowest BCUT2D eigenvalue weighted by Gasteiger charge is -2.13. The number of nitrogens with two attached hydrogens (primary N) is 1. The normalized spacial score (nSPS) is 13.0. The van der Waals surface area contributed by atoms with Crippen LogP contribution in [0, 0.1) is 5.92 Å². The van der Waals surface area contributed by atoms with Gasteiger partial charge in [-0.15, -0.1) is 0 Å². The van der Waals surface area contributed by atoms with Crippen molar-refractivity contribution < 1.29 is 18.0 Å². The summed E-state index contributed by atoms with van der Waals surface area (Å²) in [5, 5.41) is 2.80. The van der Waals surface area contributed by atoms with E-state index in [1.807, 2.05) is 0 Å². The average molecular weight is 302 g/mol. The van der Waals surface area contributed by atoms with Gasteiger partial charge in [0.2, 0.25) is 5.91 Å². The Balaban J connectivity index is 2.47. The summed E-state index contributed by atoms with van der Waals surface area (Å²) < 4.78 is 37.3. The molecule has 6 heteroatoms. The quantitative estimate of drug-likeness (QED) is 0.761. The molecule has 0 bridgehead atoms. The fourth-order valence-corrected chi connectivity index (χ4v) is 1.93. The van der Waals surface area contributed by atoms with E-state index in [1.165, 1.54) is 12.1 Å². The molecule has 0 spiro atoms. The predicted octanol–water partition coefficient (Wildman–Crippen LogP) is 2.74. The van der Waals surface area contributed by atoms with Gasteiger partial charge in [0.25, 0.3) is 0 Å². The molecule has 1 amide bonds. The molecule has 21 heavy (non-hydrogen) atoms. The first-order valence-corrected chi connectivity index (χ1v) is 6.98. The predicted molar refractivity (Wildman–Crippen MR) is 75.6 cm³/mol. The molecule has 0 radical (unpaired) electrons. The number of halogens is 3. The topological polar surface area (TPSA) is 55.1 Å². The monoisotopic (exact) mass is 302 g/mol. The molecule has 0 saturated heterocycles. The molecule has 0 aromatic heterocycles. The van der Waals surface area contributed by atoms with Gasteiger partial charge < -0.3 is 11.1 Å². The molecule has 118 valence electrons. The fraction of sp³-hybridized carbons (Fsp3) is 0.533. The van der Waals surface area contributed by atoms with E-state index in [0.29, 0.717) is 25.1 Å². The van der Waals surface area contributed by atoms with Gasteiger partial charge in [0.1, 0.15) is 0 Å². The number of rotatable bonds is 7. The summed E-state index contributed by atoms with van der Waals surface area (Å²) in [5.41, 5.74) is 5.40. The van der Waals surface area contributed by atoms with Gasteiger partial charge in [0, 0.05) is 12.5 Å². The third-order valence-electron chi connectivity index (χ3n) is 3.20. The van der Waals surface area contributed by atoms with E-state index in [0.717, 1.165) is 25.0 Å². The smallest absolute Gasteiger partial charge is 0.356 e. The molecule has 1 unspecified atom stereocenters. The van der Waals surface area contributed by atoms with E-state index in [9.17, 15) is 18.0 Å². The van der Waals surface area contributed by atoms with Crippen LogP contribution in [0.2, 0.25) is 0 Å². The van der Waals surface area contributed by atoms with Gasteiger partial charge in [0.15, 0.2) is 0 Å². The number of carbonyl (C=O) groups is 1. The minimum atomic E-state index is -4.33. The summed E-state index contributed by atoms with van der Waals surface area (Å²) >= 11 is 0. The van der Waals surface area contributed by atoms with E-state index in [2.05, 4.69) is 5.32 Å². The summed E-state index contributed by atoms with van der Waals surface area (Å²) in [5.74, 6) is -0.369. The number of amides is 1. The van der Waals surface area contributed by atoms with Crippen LogP contribution in [-0.2, 0) is 17.4 Å². The van der Waals surface area contributed by atoms with Gasteiger partial charge >= 0.3 is 6.18 Å². The van der Waals surface area contributed by atoms with Crippen molar-refractivity contribution in [2.75, 3.05) is 13.1 Å². The number of hydrogen-bond acceptors (Lipinski definition) is 2. The van der Waals surface area contributed by atoms with Crippen molar-refractivity contribution in [2.45, 2.75) is 32.4 Å². The summed E-state index contributed by atoms with van der Waals surface area (Å²) in [6.07, 6.45) is -2.23. The zero-order valence-corrected chi connectivity index (χ0v) is 12.0. The molecule has 0 fully saturated rings. The van der Waals surface area contributed by atoms with Gasteiger partial charge in [0.05, 0.1) is 5.56 Å². The number of nitrogens with one attached hydrogen (secondary N) is 1. The van der Waals surface area contributed by atoms with Crippen molar-refractivity contribution in [1.82, 2.24) is 5.32 Å². The maximum Gasteiger partial charge on any atom is 0.416 e. The Morgan fingerprint density at radius 2 is 1.86 bits per heavy atom. The van der Waals surface area contributed by atoms with E-state index in [1.54, 1.807) is 6.92 Å². The van der Waals surface area contributed by atoms with Crippen LogP contribution in [0.3, 0.4) is 0 Å². The molecule has 0 aliphatic heterocycles. The first-order valence-electron chi connectivity index (χ1n) is 6.98. The van der Waals surface area contributed by atoms with Gasteiger partial charge in [-0.05, 0) is 43.5 Å². The third-order valence-corrected chi connectivity index (χ3v) is 3.20. The minimum absolute atomic E-state index is 0.0908. The Labute approximate surface area is 122 Å². The molecule has 1 rings (SSSR count). The lowest BCUT2D eigenvalue weighted by Crippen LogP contribution is -2.31. The molecule has 1 atom stereocenters. The zero-order valence-electron chi connectivity index (χ0n) is 12.0. The highest BCUT2D eigenvalue weighted by Gasteiger charge is 2.30. The van der Waals surface area contributed by atoms with Gasteiger partial charge in [-0.25, -0.2) is 0 Å². The molecule has 0 saturated carbocycles. The van der Waals surface area contributed by atoms with Crippen LogP contribution in [0.5, 0.6) is 0 Å². The van der Waals surface area contributed by atoms with Crippen LogP contribution in [0.4, 0.5) is 13.2 Å². The van der Waals surface area contributed by atoms with Crippen LogP contribution in [0.25, 0.3) is 0 Å². The Hall–Kier alpha value is -1.56. The lowest BCUT2D eigenvalue weighted by molar-refractivity contribution is -0.137. The average Bonchev–Trinajstić information content (AvgIpc) is 2.43. The van der Waals surface area contributed by atoms with Gasteiger partial charge in [-0.2, -0.15) is 13.2 Å². The Bertz CT molecular complexity index is 443. The SMILES string of the molecule is CC(Cc1ccc(C(F)(F)F)cc1)C(=O)NCCCCN. The van der Waals surface area contributed by atoms with Crippen molar-refractivity contribution in [3.05, 3.63) is 35.4 Å². The van der Waals surface area contributed by atoms with E-state index < -0.39 is 11.7 Å². The zero-order chi connectivity index (χ0) is 15.9. The lowest BCUT2D eigenvalue weighted by atomic mass is 9.99. The Kier molecular flexibility index (Phi) is 6.68. The summed E-state index contributed by atoms with van der Waals surface area (Å²) in [7, 11) is 0. The first-order chi connectivity index (χ1) is 9.84. The Morgan fingerprint density at radius 3 is 2.38 bits per heavy atom. The minimum Gasteiger partial charge on any atom is -0.356 e. The molecular formula is C15H21F3N2O. The highest BCUT2D eigenvalue weighted by Crippen LogP contribution is 2.29. The second kappa shape index (κ2) is 8.02. The van der Waals surface area contributed by atoms with Crippen molar-refractivity contribution >= 4 is 5.91 Å². The fourth-order valence-electron chi connectivity index (χ4n) is 1.93. The number of benzene rings is 1. The summed E-state index contributed by atoms with van der Waals surface area (Å²) in [6, 6.07) is 4.92. The van der Waals surface area contributed by atoms with Gasteiger partial charge in [-0.1, -0.05) is 19.1 Å². The van der Waals surface area contributed by atoms with E-state index in [4.69, 9.17) is 5.73 Å². The van der Waals surface area contributed by atoms with Crippen LogP contribution in [0.15, 0.2) is 24.3 Å². The van der Waals surface area contributed by atoms with Crippen molar-refractivity contribution in [2.24, 2.45) is 11.7 Å². The largest absolute Gasteiger partial charge is 0.416 e. The number of alkyl halides is 3. The molecule has 0 aliphatic carbocycles. The van der Waals surface area contributed by atoms with Gasteiger partial charge in [-0.3, -0.25) is 4.79 Å².